The van der Waals surface area contributed by atoms with Crippen LogP contribution in [0, 0.1) is 17.8 Å². The number of carbonyl (C=O) groups is 5. The van der Waals surface area contributed by atoms with Crippen LogP contribution in [0.5, 0.6) is 0 Å². The second-order valence-electron chi connectivity index (χ2n) is 15.5. The molecule has 0 aliphatic heterocycles. The summed E-state index contributed by atoms with van der Waals surface area (Å²) >= 11 is 0. The molecule has 330 valence electrons. The number of nitrogens with one attached hydrogen (secondary N) is 4. The van der Waals surface area contributed by atoms with E-state index in [1.165, 1.54) is 0 Å². The Morgan fingerprint density at radius 1 is 0.600 bits per heavy atom. The standard InChI is InChI=1S/C12H24N2O5S.C11H21NO4.C7H16N2O3S.CH5NO2S.ClH/c1-8(2)7-9(10(15)14-20(6,17)18)13-11(16)19-12(3,4)5;1-7(2)6-8(9(13)14)12-10(15)16-11(3,4)5;1-5(2)4-6(8)7(10)9-13(3,11)12;1-5(2,3)4;/h8-9H,7H2,1-6H3,(H,13,16)(H,14,15);7-8H,6H2,1-5H3,(H,12,15)(H,13,14);5-6H,4,8H2,1-3H3,(H,9,10);1H3,(H2,2,3,4);1H/t9-;8-;6-;;/m000../s1. The molecule has 0 aromatic heterocycles. The summed E-state index contributed by atoms with van der Waals surface area (Å²) in [4.78, 5) is 56.8. The van der Waals surface area contributed by atoms with E-state index < -0.39 is 89.4 Å². The zero-order chi connectivity index (χ0) is 44.2. The van der Waals surface area contributed by atoms with Crippen LogP contribution in [-0.2, 0) is 53.9 Å². The van der Waals surface area contributed by atoms with Crippen molar-refractivity contribution in [2.45, 2.75) is 132 Å². The number of rotatable bonds is 13. The molecule has 0 heterocycles. The van der Waals surface area contributed by atoms with Gasteiger partial charge in [0.15, 0.2) is 0 Å². The van der Waals surface area contributed by atoms with E-state index in [4.69, 9.17) is 20.3 Å². The fourth-order valence-corrected chi connectivity index (χ4v) is 4.45. The first kappa shape index (κ1) is 61.2. The number of ether oxygens (including phenoxy) is 2. The number of aliphatic carboxylic acids is 1. The number of primary sulfonamides is 1. The molecule has 0 aromatic carbocycles. The van der Waals surface area contributed by atoms with Crippen molar-refractivity contribution in [2.75, 3.05) is 18.8 Å². The highest BCUT2D eigenvalue weighted by atomic mass is 35.5. The first-order valence-electron chi connectivity index (χ1n) is 16.6. The minimum absolute atomic E-state index is 0. The van der Waals surface area contributed by atoms with Crippen LogP contribution in [0.15, 0.2) is 0 Å². The van der Waals surface area contributed by atoms with Gasteiger partial charge in [0.05, 0.1) is 24.8 Å². The largest absolute Gasteiger partial charge is 0.480 e. The van der Waals surface area contributed by atoms with E-state index in [9.17, 15) is 49.2 Å². The summed E-state index contributed by atoms with van der Waals surface area (Å²) in [5, 5.41) is 18.0. The highest BCUT2D eigenvalue weighted by molar-refractivity contribution is 7.89. The number of alkyl carbamates (subject to hydrolysis) is 2. The van der Waals surface area contributed by atoms with Crippen LogP contribution >= 0.6 is 12.4 Å². The van der Waals surface area contributed by atoms with Gasteiger partial charge in [0.2, 0.25) is 36.0 Å². The minimum atomic E-state index is -3.67. The van der Waals surface area contributed by atoms with Gasteiger partial charge in [0.1, 0.15) is 23.3 Å². The van der Waals surface area contributed by atoms with E-state index in [0.29, 0.717) is 19.3 Å². The third-order valence-corrected chi connectivity index (χ3v) is 6.19. The van der Waals surface area contributed by atoms with Crippen LogP contribution in [0.4, 0.5) is 9.59 Å². The molecule has 0 fully saturated rings. The van der Waals surface area contributed by atoms with Gasteiger partial charge >= 0.3 is 18.2 Å². The van der Waals surface area contributed by atoms with E-state index in [1.807, 2.05) is 51.0 Å². The van der Waals surface area contributed by atoms with Gasteiger partial charge in [-0.3, -0.25) is 19.0 Å². The van der Waals surface area contributed by atoms with Crippen molar-refractivity contribution in [3.05, 3.63) is 0 Å². The first-order valence-corrected chi connectivity index (χ1v) is 22.4. The molecule has 0 rings (SSSR count). The minimum Gasteiger partial charge on any atom is -0.480 e. The third-order valence-electron chi connectivity index (χ3n) is 5.04. The van der Waals surface area contributed by atoms with Gasteiger partial charge in [-0.25, -0.2) is 44.8 Å². The summed E-state index contributed by atoms with van der Waals surface area (Å²) in [6.45, 7) is 21.6. The number of sulfonamides is 3. The zero-order valence-corrected chi connectivity index (χ0v) is 37.9. The number of halogens is 1. The number of amides is 4. The lowest BCUT2D eigenvalue weighted by Crippen LogP contribution is -2.49. The maximum Gasteiger partial charge on any atom is 0.408 e. The number of nitrogens with two attached hydrogens (primary N) is 2. The van der Waals surface area contributed by atoms with Gasteiger partial charge in [-0.15, -0.1) is 12.4 Å². The third kappa shape index (κ3) is 51.0. The molecule has 20 nitrogen and oxygen atoms in total. The second-order valence-corrected chi connectivity index (χ2v) is 20.7. The number of hydrogen-bond donors (Lipinski definition) is 7. The lowest BCUT2D eigenvalue weighted by Gasteiger charge is -2.23. The Hall–Kier alpha value is -2.99. The molecule has 0 aromatic rings. The van der Waals surface area contributed by atoms with Crippen LogP contribution in [0.1, 0.15) is 102 Å². The van der Waals surface area contributed by atoms with Crippen molar-refractivity contribution >= 4 is 72.4 Å². The summed E-state index contributed by atoms with van der Waals surface area (Å²) in [5.74, 6) is -1.90. The quantitative estimate of drug-likeness (QED) is 0.139. The molecule has 24 heteroatoms. The van der Waals surface area contributed by atoms with Gasteiger partial charge in [-0.2, -0.15) is 0 Å². The molecule has 0 unspecified atom stereocenters. The highest BCUT2D eigenvalue weighted by Crippen LogP contribution is 2.11. The predicted octanol–water partition coefficient (Wildman–Crippen LogP) is 1.77. The van der Waals surface area contributed by atoms with Crippen molar-refractivity contribution in [3.63, 3.8) is 0 Å². The molecule has 0 saturated carbocycles. The number of carbonyl (C=O) groups excluding carboxylic acids is 4. The highest BCUT2D eigenvalue weighted by Gasteiger charge is 2.27. The number of carboxylic acids is 1. The van der Waals surface area contributed by atoms with E-state index in [1.54, 1.807) is 41.5 Å². The molecule has 0 saturated heterocycles. The summed E-state index contributed by atoms with van der Waals surface area (Å²) in [6.07, 6.45) is 2.45. The molecular formula is C31H67ClN6O14S3. The van der Waals surface area contributed by atoms with Crippen molar-refractivity contribution in [1.82, 2.24) is 20.1 Å². The lowest BCUT2D eigenvalue weighted by atomic mass is 10.0. The fraction of sp³-hybridized carbons (Fsp3) is 0.839. The van der Waals surface area contributed by atoms with Crippen LogP contribution < -0.4 is 31.0 Å². The number of hydrogen-bond acceptors (Lipinski definition) is 14. The van der Waals surface area contributed by atoms with Crippen molar-refractivity contribution in [2.24, 2.45) is 28.6 Å². The Morgan fingerprint density at radius 2 is 0.873 bits per heavy atom. The monoisotopic (exact) mass is 878 g/mol. The molecule has 0 radical (unpaired) electrons. The second kappa shape index (κ2) is 26.8. The molecular weight excluding hydrogens is 812 g/mol. The number of carboxylic acid groups (broad SMARTS) is 1. The van der Waals surface area contributed by atoms with Crippen LogP contribution in [-0.4, -0.2) is 108 Å². The molecule has 0 spiro atoms. The average Bonchev–Trinajstić information content (AvgIpc) is 2.82. The van der Waals surface area contributed by atoms with Gasteiger partial charge in [-0.05, 0) is 78.6 Å². The Morgan fingerprint density at radius 3 is 1.13 bits per heavy atom. The molecule has 4 amide bonds. The molecule has 0 aliphatic rings. The maximum atomic E-state index is 11.8. The van der Waals surface area contributed by atoms with Crippen LogP contribution in [0.25, 0.3) is 0 Å². The van der Waals surface area contributed by atoms with Crippen LogP contribution in [0.2, 0.25) is 0 Å². The Bertz CT molecular complexity index is 1520. The van der Waals surface area contributed by atoms with Crippen molar-refractivity contribution in [1.29, 1.82) is 0 Å². The van der Waals surface area contributed by atoms with Gasteiger partial charge < -0.3 is 30.9 Å². The normalized spacial score (nSPS) is 13.3. The Balaban J connectivity index is -0.000000216. The molecule has 0 aliphatic carbocycles. The lowest BCUT2D eigenvalue weighted by molar-refractivity contribution is -0.140. The molecule has 55 heavy (non-hydrogen) atoms. The molecule has 0 bridgehead atoms. The SMILES string of the molecule is CC(C)C[C@H](N)C(=O)NS(C)(=O)=O.CC(C)C[C@H](NC(=O)OC(C)(C)C)C(=O)NS(C)(=O)=O.CC(C)C[C@H](NC(=O)OC(C)(C)C)C(=O)O.CS(N)(=O)=O.Cl. The van der Waals surface area contributed by atoms with Crippen molar-refractivity contribution < 1.29 is 63.8 Å². The maximum absolute atomic E-state index is 11.8. The summed E-state index contributed by atoms with van der Waals surface area (Å²) in [5.41, 5.74) is 4.13. The fourth-order valence-electron chi connectivity index (χ4n) is 3.42. The van der Waals surface area contributed by atoms with E-state index >= 15 is 0 Å². The molecule has 9 N–H and O–H groups in total. The zero-order valence-electron chi connectivity index (χ0n) is 34.6. The Kier molecular flexibility index (Phi) is 29.8. The first-order chi connectivity index (χ1) is 23.6. The van der Waals surface area contributed by atoms with E-state index in [-0.39, 0.29) is 30.2 Å². The van der Waals surface area contributed by atoms with Gasteiger partial charge in [0.25, 0.3) is 5.91 Å². The average molecular weight is 880 g/mol. The van der Waals surface area contributed by atoms with E-state index in [0.717, 1.165) is 18.8 Å². The van der Waals surface area contributed by atoms with Crippen molar-refractivity contribution in [3.8, 4) is 0 Å². The van der Waals surface area contributed by atoms with E-state index in [2.05, 4.69) is 15.8 Å². The summed E-state index contributed by atoms with van der Waals surface area (Å²) < 4.78 is 76.0. The Labute approximate surface area is 334 Å². The van der Waals surface area contributed by atoms with Crippen LogP contribution in [0.3, 0.4) is 0 Å². The van der Waals surface area contributed by atoms with Gasteiger partial charge in [-0.1, -0.05) is 41.5 Å². The summed E-state index contributed by atoms with van der Waals surface area (Å²) in [7, 11) is -10.3. The summed E-state index contributed by atoms with van der Waals surface area (Å²) in [6, 6.07) is -2.61. The topological polar surface area (TPSA) is 327 Å². The molecule has 3 atom stereocenters. The smallest absolute Gasteiger partial charge is 0.408 e. The predicted molar refractivity (Wildman–Crippen MR) is 213 cm³/mol. The van der Waals surface area contributed by atoms with Gasteiger partial charge in [0, 0.05) is 0 Å².